The van der Waals surface area contributed by atoms with E-state index in [2.05, 4.69) is 16.4 Å². The first-order valence-electron chi connectivity index (χ1n) is 6.77. The zero-order valence-electron chi connectivity index (χ0n) is 11.6. The summed E-state index contributed by atoms with van der Waals surface area (Å²) in [5, 5.41) is 3.96. The number of carbonyl (C=O) groups is 1. The number of nitrogens with one attached hydrogen (secondary N) is 1. The summed E-state index contributed by atoms with van der Waals surface area (Å²) in [6, 6.07) is 9.23. The molecule has 0 radical (unpaired) electrons. The van der Waals surface area contributed by atoms with Gasteiger partial charge in [0.05, 0.1) is 35.1 Å². The van der Waals surface area contributed by atoms with Gasteiger partial charge in [-0.1, -0.05) is 17.7 Å². The molecule has 1 aliphatic carbocycles. The molecule has 0 spiro atoms. The van der Waals surface area contributed by atoms with Crippen molar-refractivity contribution in [3.8, 4) is 0 Å². The maximum Gasteiger partial charge on any atom is 0.337 e. The second-order valence-corrected chi connectivity index (χ2v) is 5.38. The normalized spacial score (nSPS) is 16.4. The number of pyridine rings is 1. The van der Waals surface area contributed by atoms with Crippen molar-refractivity contribution < 1.29 is 9.53 Å². The van der Waals surface area contributed by atoms with E-state index in [0.29, 0.717) is 10.6 Å². The highest BCUT2D eigenvalue weighted by molar-refractivity contribution is 6.33. The molecule has 0 aliphatic heterocycles. The highest BCUT2D eigenvalue weighted by Crippen LogP contribution is 2.34. The van der Waals surface area contributed by atoms with Crippen LogP contribution in [-0.4, -0.2) is 18.1 Å². The van der Waals surface area contributed by atoms with Crippen LogP contribution in [0.2, 0.25) is 5.02 Å². The summed E-state index contributed by atoms with van der Waals surface area (Å²) >= 11 is 6.21. The van der Waals surface area contributed by atoms with Crippen LogP contribution >= 0.6 is 11.6 Å². The number of carbonyl (C=O) groups excluding carboxylic acids is 1. The van der Waals surface area contributed by atoms with E-state index in [0.717, 1.165) is 24.2 Å². The highest BCUT2D eigenvalue weighted by atomic mass is 35.5. The molecule has 1 N–H and O–H groups in total. The lowest BCUT2D eigenvalue weighted by Crippen LogP contribution is -2.10. The van der Waals surface area contributed by atoms with Gasteiger partial charge < -0.3 is 10.1 Å². The number of halogens is 1. The predicted molar refractivity (Wildman–Crippen MR) is 81.7 cm³/mol. The number of nitrogens with zero attached hydrogens (tertiary/aromatic N) is 1. The summed E-state index contributed by atoms with van der Waals surface area (Å²) < 4.78 is 4.74. The summed E-state index contributed by atoms with van der Waals surface area (Å²) in [5.74, 6) is -0.375. The molecule has 1 heterocycles. The molecule has 3 rings (SSSR count). The SMILES string of the molecule is COC(=O)c1ccc(Cl)c(NC2CCc3cccnc32)c1. The monoisotopic (exact) mass is 302 g/mol. The van der Waals surface area contributed by atoms with Gasteiger partial charge in [0.15, 0.2) is 0 Å². The lowest BCUT2D eigenvalue weighted by Gasteiger charge is -2.16. The van der Waals surface area contributed by atoms with Crippen molar-refractivity contribution in [1.82, 2.24) is 4.98 Å². The maximum atomic E-state index is 11.6. The van der Waals surface area contributed by atoms with E-state index in [1.54, 1.807) is 24.4 Å². The molecular weight excluding hydrogens is 288 g/mol. The number of esters is 1. The van der Waals surface area contributed by atoms with Crippen LogP contribution in [0.25, 0.3) is 0 Å². The Morgan fingerprint density at radius 2 is 2.29 bits per heavy atom. The van der Waals surface area contributed by atoms with Gasteiger partial charge in [-0.3, -0.25) is 4.98 Å². The minimum Gasteiger partial charge on any atom is -0.465 e. The number of ether oxygens (including phenoxy) is 1. The number of fused-ring (bicyclic) bond motifs is 1. The second kappa shape index (κ2) is 5.74. The van der Waals surface area contributed by atoms with Gasteiger partial charge >= 0.3 is 5.97 Å². The molecule has 2 aromatic rings. The van der Waals surface area contributed by atoms with Gasteiger partial charge in [-0.2, -0.15) is 0 Å². The van der Waals surface area contributed by atoms with Gasteiger partial charge in [0, 0.05) is 6.20 Å². The fourth-order valence-corrected chi connectivity index (χ4v) is 2.79. The van der Waals surface area contributed by atoms with E-state index < -0.39 is 0 Å². The van der Waals surface area contributed by atoms with Crippen LogP contribution < -0.4 is 5.32 Å². The Morgan fingerprint density at radius 1 is 1.43 bits per heavy atom. The number of hydrogen-bond acceptors (Lipinski definition) is 4. The summed E-state index contributed by atoms with van der Waals surface area (Å²) in [7, 11) is 1.36. The maximum absolute atomic E-state index is 11.6. The van der Waals surface area contributed by atoms with Crippen molar-refractivity contribution >= 4 is 23.3 Å². The van der Waals surface area contributed by atoms with Gasteiger partial charge in [0.1, 0.15) is 0 Å². The Kier molecular flexibility index (Phi) is 3.80. The first-order chi connectivity index (χ1) is 10.2. The predicted octanol–water partition coefficient (Wildman–Crippen LogP) is 3.62. The van der Waals surface area contributed by atoms with Crippen molar-refractivity contribution in [3.63, 3.8) is 0 Å². The van der Waals surface area contributed by atoms with Crippen molar-refractivity contribution in [1.29, 1.82) is 0 Å². The van der Waals surface area contributed by atoms with Crippen LogP contribution in [-0.2, 0) is 11.2 Å². The number of methoxy groups -OCH3 is 1. The number of aromatic nitrogens is 1. The van der Waals surface area contributed by atoms with Gasteiger partial charge in [-0.25, -0.2) is 4.79 Å². The molecule has 1 aromatic heterocycles. The Morgan fingerprint density at radius 3 is 3.10 bits per heavy atom. The molecular formula is C16H15ClN2O2. The molecule has 0 saturated carbocycles. The molecule has 0 amide bonds. The van der Waals surface area contributed by atoms with Gasteiger partial charge in [0.2, 0.25) is 0 Å². The van der Waals surface area contributed by atoms with Crippen molar-refractivity contribution in [2.75, 3.05) is 12.4 Å². The topological polar surface area (TPSA) is 51.2 Å². The summed E-state index contributed by atoms with van der Waals surface area (Å²) in [4.78, 5) is 16.1. The van der Waals surface area contributed by atoms with Crippen LogP contribution in [0.1, 0.15) is 34.1 Å². The molecule has 0 fully saturated rings. The molecule has 5 heteroatoms. The summed E-state index contributed by atoms with van der Waals surface area (Å²) in [6.45, 7) is 0. The fraction of sp³-hybridized carbons (Fsp3) is 0.250. The van der Waals surface area contributed by atoms with Crippen molar-refractivity contribution in [2.45, 2.75) is 18.9 Å². The second-order valence-electron chi connectivity index (χ2n) is 4.97. The van der Waals surface area contributed by atoms with E-state index in [9.17, 15) is 4.79 Å². The Hall–Kier alpha value is -2.07. The van der Waals surface area contributed by atoms with E-state index >= 15 is 0 Å². The molecule has 0 bridgehead atoms. The number of rotatable bonds is 3. The molecule has 1 aromatic carbocycles. The minimum absolute atomic E-state index is 0.117. The van der Waals surface area contributed by atoms with Crippen LogP contribution in [0, 0.1) is 0 Å². The Labute approximate surface area is 128 Å². The standard InChI is InChI=1S/C16H15ClN2O2/c1-21-16(20)11-4-6-12(17)14(9-11)19-13-7-5-10-3-2-8-18-15(10)13/h2-4,6,8-9,13,19H,5,7H2,1H3. The van der Waals surface area contributed by atoms with Gasteiger partial charge in [-0.15, -0.1) is 0 Å². The summed E-state index contributed by atoms with van der Waals surface area (Å²) in [5.41, 5.74) is 3.51. The van der Waals surface area contributed by atoms with Crippen LogP contribution in [0.3, 0.4) is 0 Å². The van der Waals surface area contributed by atoms with Crippen LogP contribution in [0.4, 0.5) is 5.69 Å². The average molecular weight is 303 g/mol. The molecule has 1 unspecified atom stereocenters. The first-order valence-corrected chi connectivity index (χ1v) is 7.15. The summed E-state index contributed by atoms with van der Waals surface area (Å²) in [6.07, 6.45) is 3.76. The molecule has 4 nitrogen and oxygen atoms in total. The molecule has 1 aliphatic rings. The highest BCUT2D eigenvalue weighted by Gasteiger charge is 2.24. The third kappa shape index (κ3) is 2.72. The Bertz CT molecular complexity index is 688. The van der Waals surface area contributed by atoms with Crippen LogP contribution in [0.5, 0.6) is 0 Å². The molecule has 21 heavy (non-hydrogen) atoms. The lowest BCUT2D eigenvalue weighted by atomic mass is 10.1. The molecule has 1 atom stereocenters. The lowest BCUT2D eigenvalue weighted by molar-refractivity contribution is 0.0601. The van der Waals surface area contributed by atoms with Crippen LogP contribution in [0.15, 0.2) is 36.5 Å². The van der Waals surface area contributed by atoms with E-state index in [-0.39, 0.29) is 12.0 Å². The zero-order valence-corrected chi connectivity index (χ0v) is 12.4. The largest absolute Gasteiger partial charge is 0.465 e. The zero-order chi connectivity index (χ0) is 14.8. The third-order valence-corrected chi connectivity index (χ3v) is 4.01. The smallest absolute Gasteiger partial charge is 0.337 e. The van der Waals surface area contributed by atoms with E-state index in [4.69, 9.17) is 16.3 Å². The third-order valence-electron chi connectivity index (χ3n) is 3.68. The molecule has 108 valence electrons. The number of anilines is 1. The van der Waals surface area contributed by atoms with E-state index in [1.807, 2.05) is 6.07 Å². The molecule has 0 saturated heterocycles. The Balaban J connectivity index is 1.87. The van der Waals surface area contributed by atoms with Crippen molar-refractivity contribution in [3.05, 3.63) is 58.4 Å². The average Bonchev–Trinajstić information content (AvgIpc) is 2.92. The minimum atomic E-state index is -0.375. The fourth-order valence-electron chi connectivity index (χ4n) is 2.62. The van der Waals surface area contributed by atoms with Gasteiger partial charge in [0.25, 0.3) is 0 Å². The van der Waals surface area contributed by atoms with Gasteiger partial charge in [-0.05, 0) is 42.7 Å². The quantitative estimate of drug-likeness (QED) is 0.880. The number of aryl methyl sites for hydroxylation is 1. The number of benzene rings is 1. The van der Waals surface area contributed by atoms with Crippen molar-refractivity contribution in [2.24, 2.45) is 0 Å². The first kappa shape index (κ1) is 13.9. The number of hydrogen-bond donors (Lipinski definition) is 1. The van der Waals surface area contributed by atoms with E-state index in [1.165, 1.54) is 12.7 Å².